The van der Waals surface area contributed by atoms with Gasteiger partial charge in [-0.25, -0.2) is 0 Å². The third-order valence-electron chi connectivity index (χ3n) is 1.15. The Bertz CT molecular complexity index is 251. The Morgan fingerprint density at radius 3 is 2.55 bits per heavy atom. The summed E-state index contributed by atoms with van der Waals surface area (Å²) in [5.41, 5.74) is 0.189. The Balaban J connectivity index is 2.94. The van der Waals surface area contributed by atoms with Crippen molar-refractivity contribution in [2.75, 3.05) is 0 Å². The lowest BCUT2D eigenvalue weighted by Crippen LogP contribution is -2.04. The van der Waals surface area contributed by atoms with Crippen LogP contribution in [-0.4, -0.2) is 10.0 Å². The topological polar surface area (TPSA) is 75.4 Å². The molecular formula is C6H6N2O3. The van der Waals surface area contributed by atoms with Crippen LogP contribution in [0.3, 0.4) is 0 Å². The largest absolute Gasteiger partial charge is 0.456 e. The molecule has 0 amide bonds. The van der Waals surface area contributed by atoms with Gasteiger partial charge in [-0.1, -0.05) is 0 Å². The van der Waals surface area contributed by atoms with Crippen LogP contribution >= 0.6 is 0 Å². The number of nitrogens with zero attached hydrogens (tertiary/aromatic N) is 1. The molecule has 0 spiro atoms. The van der Waals surface area contributed by atoms with Crippen LogP contribution in [0.1, 0.15) is 0 Å². The maximum absolute atomic E-state index is 10.0. The first-order chi connectivity index (χ1) is 5.22. The molecule has 0 fully saturated rings. The predicted molar refractivity (Wildman–Crippen MR) is 38.1 cm³/mol. The first-order valence-corrected chi connectivity index (χ1v) is 2.88. The molecule has 0 unspecified atom stereocenters. The number of aliphatic hydroxyl groups is 1. The van der Waals surface area contributed by atoms with Crippen molar-refractivity contribution in [3.05, 3.63) is 46.1 Å². The minimum Gasteiger partial charge on any atom is -0.456 e. The van der Waals surface area contributed by atoms with E-state index in [2.05, 4.69) is 5.32 Å². The molecule has 0 saturated heterocycles. The summed E-state index contributed by atoms with van der Waals surface area (Å²) < 4.78 is 0. The molecule has 0 aromatic heterocycles. The smallest absolute Gasteiger partial charge is 0.433 e. The summed E-state index contributed by atoms with van der Waals surface area (Å²) in [6.07, 6.45) is 5.82. The van der Waals surface area contributed by atoms with Gasteiger partial charge in [-0.15, -0.1) is 0 Å². The molecule has 1 heterocycles. The van der Waals surface area contributed by atoms with Gasteiger partial charge >= 0.3 is 5.88 Å². The fourth-order valence-corrected chi connectivity index (χ4v) is 0.641. The van der Waals surface area contributed by atoms with Gasteiger partial charge in [-0.3, -0.25) is 10.1 Å². The van der Waals surface area contributed by atoms with Crippen LogP contribution in [0.4, 0.5) is 0 Å². The molecular weight excluding hydrogens is 148 g/mol. The lowest BCUT2D eigenvalue weighted by molar-refractivity contribution is -0.459. The van der Waals surface area contributed by atoms with E-state index in [1.165, 1.54) is 24.6 Å². The highest BCUT2D eigenvalue weighted by atomic mass is 16.7. The van der Waals surface area contributed by atoms with Gasteiger partial charge in [0.15, 0.2) is 0 Å². The van der Waals surface area contributed by atoms with E-state index in [4.69, 9.17) is 5.11 Å². The second-order valence-corrected chi connectivity index (χ2v) is 1.87. The van der Waals surface area contributed by atoms with Gasteiger partial charge in [-0.05, 0) is 12.2 Å². The van der Waals surface area contributed by atoms with Crippen LogP contribution in [-0.2, 0) is 0 Å². The Morgan fingerprint density at radius 2 is 2.09 bits per heavy atom. The van der Waals surface area contributed by atoms with Gasteiger partial charge in [0.25, 0.3) is 0 Å². The Labute approximate surface area is 62.5 Å². The molecule has 0 saturated carbocycles. The van der Waals surface area contributed by atoms with Crippen LogP contribution in [0.5, 0.6) is 0 Å². The molecule has 2 N–H and O–H groups in total. The summed E-state index contributed by atoms with van der Waals surface area (Å²) in [6.45, 7) is 0. The predicted octanol–water partition coefficient (Wildman–Crippen LogP) is 0.663. The van der Waals surface area contributed by atoms with Crippen LogP contribution in [0.25, 0.3) is 0 Å². The van der Waals surface area contributed by atoms with E-state index in [0.717, 1.165) is 0 Å². The number of hydrogen-bond acceptors (Lipinski definition) is 4. The van der Waals surface area contributed by atoms with Crippen molar-refractivity contribution in [3.8, 4) is 0 Å². The monoisotopic (exact) mass is 154 g/mol. The van der Waals surface area contributed by atoms with E-state index in [0.29, 0.717) is 0 Å². The van der Waals surface area contributed by atoms with Gasteiger partial charge < -0.3 is 10.4 Å². The van der Waals surface area contributed by atoms with Crippen molar-refractivity contribution in [2.24, 2.45) is 0 Å². The third kappa shape index (κ3) is 1.57. The highest BCUT2D eigenvalue weighted by Gasteiger charge is 2.12. The van der Waals surface area contributed by atoms with E-state index in [1.807, 2.05) is 0 Å². The molecule has 5 heteroatoms. The standard InChI is InChI=1S/C6H6N2O3/c9-6(8(10)11)5-1-3-7-4-2-5/h1-4,7,9H. The molecule has 1 rings (SSSR count). The second-order valence-electron chi connectivity index (χ2n) is 1.87. The number of aliphatic hydroxyl groups excluding tert-OH is 1. The van der Waals surface area contributed by atoms with Crippen molar-refractivity contribution in [2.45, 2.75) is 0 Å². The van der Waals surface area contributed by atoms with Gasteiger partial charge in [0.1, 0.15) is 4.92 Å². The van der Waals surface area contributed by atoms with Gasteiger partial charge in [0.05, 0.1) is 5.57 Å². The van der Waals surface area contributed by atoms with Crippen LogP contribution < -0.4 is 5.32 Å². The van der Waals surface area contributed by atoms with Crippen molar-refractivity contribution >= 4 is 0 Å². The van der Waals surface area contributed by atoms with Crippen molar-refractivity contribution < 1.29 is 10.0 Å². The number of hydrogen-bond donors (Lipinski definition) is 2. The third-order valence-corrected chi connectivity index (χ3v) is 1.15. The Kier molecular flexibility index (Phi) is 1.91. The zero-order valence-electron chi connectivity index (χ0n) is 5.52. The summed E-state index contributed by atoms with van der Waals surface area (Å²) in [7, 11) is 0. The maximum Gasteiger partial charge on any atom is 0.433 e. The molecule has 5 nitrogen and oxygen atoms in total. The zero-order chi connectivity index (χ0) is 8.27. The van der Waals surface area contributed by atoms with Gasteiger partial charge in [0, 0.05) is 12.4 Å². The average molecular weight is 154 g/mol. The van der Waals surface area contributed by atoms with E-state index in [-0.39, 0.29) is 5.57 Å². The second kappa shape index (κ2) is 2.87. The lowest BCUT2D eigenvalue weighted by atomic mass is 10.2. The van der Waals surface area contributed by atoms with E-state index in [1.54, 1.807) is 0 Å². The number of dihydropyridines is 1. The highest BCUT2D eigenvalue weighted by Crippen LogP contribution is 2.07. The van der Waals surface area contributed by atoms with Gasteiger partial charge in [0.2, 0.25) is 0 Å². The molecule has 58 valence electrons. The molecule has 0 bridgehead atoms. The van der Waals surface area contributed by atoms with E-state index in [9.17, 15) is 10.1 Å². The molecule has 11 heavy (non-hydrogen) atoms. The number of nitro groups is 1. The minimum absolute atomic E-state index is 0.189. The Hall–Kier alpha value is -1.78. The molecule has 0 aromatic carbocycles. The SMILES string of the molecule is O=[N+]([O-])C(O)=C1C=CNC=C1. The minimum atomic E-state index is -0.838. The summed E-state index contributed by atoms with van der Waals surface area (Å²) in [5, 5.41) is 21.5. The first kappa shape index (κ1) is 7.33. The van der Waals surface area contributed by atoms with Crippen molar-refractivity contribution in [3.63, 3.8) is 0 Å². The fraction of sp³-hybridized carbons (Fsp3) is 0. The molecule has 1 aliphatic heterocycles. The Morgan fingerprint density at radius 1 is 1.55 bits per heavy atom. The molecule has 0 aliphatic carbocycles. The summed E-state index contributed by atoms with van der Waals surface area (Å²) in [4.78, 5) is 9.17. The maximum atomic E-state index is 10.0. The lowest BCUT2D eigenvalue weighted by Gasteiger charge is -1.98. The summed E-state index contributed by atoms with van der Waals surface area (Å²) >= 11 is 0. The van der Waals surface area contributed by atoms with Crippen LogP contribution in [0.2, 0.25) is 0 Å². The van der Waals surface area contributed by atoms with E-state index >= 15 is 0 Å². The fourth-order valence-electron chi connectivity index (χ4n) is 0.641. The highest BCUT2D eigenvalue weighted by molar-refractivity contribution is 5.33. The van der Waals surface area contributed by atoms with Crippen LogP contribution in [0, 0.1) is 10.1 Å². The summed E-state index contributed by atoms with van der Waals surface area (Å²) in [5.74, 6) is -0.834. The molecule has 1 aliphatic rings. The average Bonchev–Trinajstić information content (AvgIpc) is 2.05. The normalized spacial score (nSPS) is 14.4. The summed E-state index contributed by atoms with van der Waals surface area (Å²) in [6, 6.07) is 0. The van der Waals surface area contributed by atoms with E-state index < -0.39 is 10.8 Å². The van der Waals surface area contributed by atoms with Crippen LogP contribution in [0.15, 0.2) is 36.0 Å². The first-order valence-electron chi connectivity index (χ1n) is 2.88. The number of rotatable bonds is 1. The van der Waals surface area contributed by atoms with Crippen molar-refractivity contribution in [1.29, 1.82) is 0 Å². The molecule has 0 atom stereocenters. The quantitative estimate of drug-likeness (QED) is 0.330. The van der Waals surface area contributed by atoms with Gasteiger partial charge in [-0.2, -0.15) is 0 Å². The molecule has 0 aromatic rings. The molecule has 0 radical (unpaired) electrons. The van der Waals surface area contributed by atoms with Crippen molar-refractivity contribution in [1.82, 2.24) is 5.32 Å². The number of nitrogens with one attached hydrogen (secondary N) is 1. The number of allylic oxidation sites excluding steroid dienone is 3. The zero-order valence-corrected chi connectivity index (χ0v) is 5.52.